The molecule has 0 spiro atoms. The molecule has 2 aliphatic rings. The van der Waals surface area contributed by atoms with E-state index >= 15 is 0 Å². The summed E-state index contributed by atoms with van der Waals surface area (Å²) < 4.78 is 0.229. The molecule has 1 unspecified atom stereocenters. The van der Waals surface area contributed by atoms with E-state index in [4.69, 9.17) is 11.6 Å². The Morgan fingerprint density at radius 2 is 1.64 bits per heavy atom. The molecular formula is C21H20ClN4O2+. The molecule has 2 aromatic carbocycles. The average molecular weight is 396 g/mol. The van der Waals surface area contributed by atoms with E-state index in [1.54, 1.807) is 24.3 Å². The van der Waals surface area contributed by atoms with Crippen LogP contribution in [-0.4, -0.2) is 48.9 Å². The van der Waals surface area contributed by atoms with Crippen molar-refractivity contribution in [2.24, 2.45) is 0 Å². The molecule has 0 aromatic heterocycles. The van der Waals surface area contributed by atoms with Gasteiger partial charge in [-0.3, -0.25) is 14.5 Å². The normalized spacial score (nSPS) is 22.3. The minimum Gasteiger partial charge on any atom is -0.280 e. The number of nitriles is 1. The van der Waals surface area contributed by atoms with E-state index in [1.807, 2.05) is 35.2 Å². The van der Waals surface area contributed by atoms with Gasteiger partial charge in [0.15, 0.2) is 0 Å². The fourth-order valence-electron chi connectivity index (χ4n) is 4.03. The van der Waals surface area contributed by atoms with Crippen LogP contribution in [0.5, 0.6) is 0 Å². The Balaban J connectivity index is 1.49. The van der Waals surface area contributed by atoms with Gasteiger partial charge in [0.2, 0.25) is 5.91 Å². The standard InChI is InChI=1S/C21H20ClN4O2/c22-16-6-8-17(9-7-16)25-20(27)14-19(21(25)28)24-10-12-26(15-23,13-11-24)18-4-2-1-3-5-18/h1-9,19H,10-14H2/q+1. The summed E-state index contributed by atoms with van der Waals surface area (Å²) in [6.07, 6.45) is 2.61. The van der Waals surface area contributed by atoms with Crippen molar-refractivity contribution < 1.29 is 9.59 Å². The summed E-state index contributed by atoms with van der Waals surface area (Å²) in [5.74, 6) is -0.406. The van der Waals surface area contributed by atoms with Crippen LogP contribution in [0.4, 0.5) is 11.4 Å². The highest BCUT2D eigenvalue weighted by Gasteiger charge is 2.46. The van der Waals surface area contributed by atoms with E-state index < -0.39 is 6.04 Å². The van der Waals surface area contributed by atoms with Crippen LogP contribution in [0.25, 0.3) is 0 Å². The van der Waals surface area contributed by atoms with Crippen LogP contribution >= 0.6 is 11.6 Å². The van der Waals surface area contributed by atoms with Gasteiger partial charge in [-0.2, -0.15) is 4.48 Å². The highest BCUT2D eigenvalue weighted by molar-refractivity contribution is 6.30. The second kappa shape index (κ2) is 7.36. The topological polar surface area (TPSA) is 64.4 Å². The number of hydrogen-bond acceptors (Lipinski definition) is 4. The van der Waals surface area contributed by atoms with Crippen molar-refractivity contribution in [1.29, 1.82) is 5.26 Å². The third-order valence-electron chi connectivity index (χ3n) is 5.63. The predicted octanol–water partition coefficient (Wildman–Crippen LogP) is 2.78. The summed E-state index contributed by atoms with van der Waals surface area (Å²) in [4.78, 5) is 28.8. The first kappa shape index (κ1) is 18.6. The van der Waals surface area contributed by atoms with Crippen molar-refractivity contribution in [3.05, 3.63) is 59.6 Å². The Morgan fingerprint density at radius 3 is 2.25 bits per heavy atom. The summed E-state index contributed by atoms with van der Waals surface area (Å²) >= 11 is 5.91. The molecule has 2 saturated heterocycles. The third-order valence-corrected chi connectivity index (χ3v) is 5.88. The van der Waals surface area contributed by atoms with Crippen molar-refractivity contribution in [2.45, 2.75) is 12.5 Å². The molecule has 142 valence electrons. The molecule has 0 aliphatic carbocycles. The zero-order valence-electron chi connectivity index (χ0n) is 15.3. The van der Waals surface area contributed by atoms with Gasteiger partial charge in [-0.1, -0.05) is 29.8 Å². The van der Waals surface area contributed by atoms with Crippen molar-refractivity contribution in [2.75, 3.05) is 31.1 Å². The zero-order chi connectivity index (χ0) is 19.7. The molecule has 2 heterocycles. The quantitative estimate of drug-likeness (QED) is 0.455. The molecule has 0 saturated carbocycles. The first-order chi connectivity index (χ1) is 13.5. The van der Waals surface area contributed by atoms with E-state index in [2.05, 4.69) is 6.19 Å². The molecule has 4 rings (SSSR count). The Kier molecular flexibility index (Phi) is 4.90. The van der Waals surface area contributed by atoms with Crippen molar-refractivity contribution in [3.63, 3.8) is 0 Å². The zero-order valence-corrected chi connectivity index (χ0v) is 16.0. The SMILES string of the molecule is N#C[N+]1(c2ccccc2)CCN(C2CC(=O)N(c3ccc(Cl)cc3)C2=O)CC1. The van der Waals surface area contributed by atoms with Crippen LogP contribution in [0.1, 0.15) is 6.42 Å². The van der Waals surface area contributed by atoms with Gasteiger partial charge in [0.1, 0.15) is 18.8 Å². The molecule has 0 radical (unpaired) electrons. The number of rotatable bonds is 3. The number of para-hydroxylation sites is 1. The van der Waals surface area contributed by atoms with Crippen molar-refractivity contribution in [3.8, 4) is 6.19 Å². The van der Waals surface area contributed by atoms with Gasteiger partial charge in [0, 0.05) is 17.2 Å². The van der Waals surface area contributed by atoms with Crippen molar-refractivity contribution in [1.82, 2.24) is 9.38 Å². The lowest BCUT2D eigenvalue weighted by Crippen LogP contribution is -2.60. The largest absolute Gasteiger partial charge is 0.314 e. The number of nitrogens with zero attached hydrogens (tertiary/aromatic N) is 4. The molecule has 2 fully saturated rings. The summed E-state index contributed by atoms with van der Waals surface area (Å²) in [6, 6.07) is 16.0. The number of imide groups is 1. The van der Waals surface area contributed by atoms with Crippen LogP contribution in [0.2, 0.25) is 5.02 Å². The fraction of sp³-hybridized carbons (Fsp3) is 0.286. The van der Waals surface area contributed by atoms with Gasteiger partial charge in [-0.15, -0.1) is 5.26 Å². The van der Waals surface area contributed by atoms with Crippen LogP contribution in [0, 0.1) is 11.5 Å². The van der Waals surface area contributed by atoms with Gasteiger partial charge >= 0.3 is 6.19 Å². The van der Waals surface area contributed by atoms with Gasteiger partial charge < -0.3 is 0 Å². The number of halogens is 1. The monoisotopic (exact) mass is 395 g/mol. The maximum atomic E-state index is 13.0. The van der Waals surface area contributed by atoms with E-state index in [0.717, 1.165) is 5.69 Å². The second-order valence-corrected chi connectivity index (χ2v) is 7.59. The predicted molar refractivity (Wildman–Crippen MR) is 108 cm³/mol. The van der Waals surface area contributed by atoms with Crippen LogP contribution in [-0.2, 0) is 9.59 Å². The fourth-order valence-corrected chi connectivity index (χ4v) is 4.15. The van der Waals surface area contributed by atoms with Gasteiger partial charge in [-0.25, -0.2) is 4.90 Å². The highest BCUT2D eigenvalue weighted by Crippen LogP contribution is 2.30. The minimum atomic E-state index is -0.472. The molecule has 2 aromatic rings. The third kappa shape index (κ3) is 3.18. The van der Waals surface area contributed by atoms with Gasteiger partial charge in [-0.05, 0) is 24.3 Å². The Morgan fingerprint density at radius 1 is 1.00 bits per heavy atom. The van der Waals surface area contributed by atoms with Gasteiger partial charge in [0.05, 0.1) is 31.2 Å². The lowest BCUT2D eigenvalue weighted by atomic mass is 10.1. The molecule has 0 bridgehead atoms. The van der Waals surface area contributed by atoms with E-state index in [0.29, 0.717) is 36.9 Å². The summed E-state index contributed by atoms with van der Waals surface area (Å²) in [5, 5.41) is 10.4. The Bertz CT molecular complexity index is 931. The van der Waals surface area contributed by atoms with Crippen LogP contribution < -0.4 is 9.38 Å². The Hall–Kier alpha value is -2.72. The number of carbonyl (C=O) groups excluding carboxylic acids is 2. The van der Waals surface area contributed by atoms with Crippen LogP contribution in [0.3, 0.4) is 0 Å². The smallest absolute Gasteiger partial charge is 0.280 e. The number of amides is 2. The molecular weight excluding hydrogens is 376 g/mol. The van der Waals surface area contributed by atoms with E-state index in [-0.39, 0.29) is 22.7 Å². The molecule has 2 amide bonds. The summed E-state index contributed by atoms with van der Waals surface area (Å²) in [5.41, 5.74) is 1.51. The molecule has 7 heteroatoms. The molecule has 2 aliphatic heterocycles. The second-order valence-electron chi connectivity index (χ2n) is 7.15. The molecule has 28 heavy (non-hydrogen) atoms. The lowest BCUT2D eigenvalue weighted by molar-refractivity contribution is -0.123. The maximum Gasteiger partial charge on any atom is 0.314 e. The molecule has 0 N–H and O–H groups in total. The Labute approximate surface area is 168 Å². The average Bonchev–Trinajstić information content (AvgIpc) is 3.03. The summed E-state index contributed by atoms with van der Waals surface area (Å²) in [6.45, 7) is 2.33. The number of piperazine rings is 1. The summed E-state index contributed by atoms with van der Waals surface area (Å²) in [7, 11) is 0. The highest BCUT2D eigenvalue weighted by atomic mass is 35.5. The lowest BCUT2D eigenvalue weighted by Gasteiger charge is -2.39. The molecule has 6 nitrogen and oxygen atoms in total. The van der Waals surface area contributed by atoms with Crippen LogP contribution in [0.15, 0.2) is 54.6 Å². The van der Waals surface area contributed by atoms with Crippen molar-refractivity contribution >= 4 is 34.8 Å². The maximum absolute atomic E-state index is 13.0. The number of anilines is 1. The van der Waals surface area contributed by atoms with E-state index in [9.17, 15) is 14.9 Å². The van der Waals surface area contributed by atoms with Gasteiger partial charge in [0.25, 0.3) is 5.91 Å². The minimum absolute atomic E-state index is 0.166. The van der Waals surface area contributed by atoms with E-state index in [1.165, 1.54) is 4.90 Å². The number of hydrogen-bond donors (Lipinski definition) is 0. The first-order valence-corrected chi connectivity index (χ1v) is 9.62. The number of carbonyl (C=O) groups is 2. The first-order valence-electron chi connectivity index (χ1n) is 9.24. The number of quaternary nitrogens is 1. The molecule has 1 atom stereocenters. The number of benzene rings is 2.